The molecule has 1 atom stereocenters. The summed E-state index contributed by atoms with van der Waals surface area (Å²) in [7, 11) is 2.00. The first-order chi connectivity index (χ1) is 9.70. The van der Waals surface area contributed by atoms with E-state index in [1.54, 1.807) is 0 Å². The van der Waals surface area contributed by atoms with Crippen LogP contribution in [0, 0.1) is 0 Å². The number of aryl methyl sites for hydroxylation is 1. The molecular weight excluding hydrogens is 254 g/mol. The van der Waals surface area contributed by atoms with Crippen molar-refractivity contribution >= 4 is 0 Å². The van der Waals surface area contributed by atoms with E-state index in [0.717, 1.165) is 24.9 Å². The molecule has 5 heteroatoms. The fourth-order valence-corrected chi connectivity index (χ4v) is 1.90. The second kappa shape index (κ2) is 7.17. The average molecular weight is 275 g/mol. The topological polar surface area (TPSA) is 62.4 Å². The number of likely N-dealkylation sites (N-methyl/N-ethyl adjacent to an activating group) is 1. The maximum Gasteiger partial charge on any atom is 0.227 e. The van der Waals surface area contributed by atoms with Crippen LogP contribution < -0.4 is 0 Å². The molecule has 0 amide bonds. The summed E-state index contributed by atoms with van der Waals surface area (Å²) < 4.78 is 5.26. The molecule has 0 bridgehead atoms. The zero-order valence-electron chi connectivity index (χ0n) is 12.0. The van der Waals surface area contributed by atoms with Crippen LogP contribution in [0.5, 0.6) is 0 Å². The summed E-state index contributed by atoms with van der Waals surface area (Å²) in [5.74, 6) is 1.30. The summed E-state index contributed by atoms with van der Waals surface area (Å²) in [5.41, 5.74) is 0.966. The molecule has 0 aliphatic rings. The molecule has 1 unspecified atom stereocenters. The van der Waals surface area contributed by atoms with E-state index in [-0.39, 0.29) is 12.6 Å². The number of benzene rings is 1. The molecule has 0 aliphatic heterocycles. The highest BCUT2D eigenvalue weighted by Gasteiger charge is 2.10. The maximum absolute atomic E-state index is 9.07. The lowest BCUT2D eigenvalue weighted by atomic mass is 10.2. The van der Waals surface area contributed by atoms with Gasteiger partial charge in [-0.05, 0) is 26.9 Å². The Morgan fingerprint density at radius 1 is 1.30 bits per heavy atom. The van der Waals surface area contributed by atoms with Crippen LogP contribution in [-0.2, 0) is 6.42 Å². The predicted molar refractivity (Wildman–Crippen MR) is 77.2 cm³/mol. The van der Waals surface area contributed by atoms with Crippen LogP contribution in [0.3, 0.4) is 0 Å². The summed E-state index contributed by atoms with van der Waals surface area (Å²) in [4.78, 5) is 6.52. The van der Waals surface area contributed by atoms with Crippen molar-refractivity contribution in [3.05, 3.63) is 36.2 Å². The monoisotopic (exact) mass is 275 g/mol. The minimum Gasteiger partial charge on any atom is -0.395 e. The molecule has 2 rings (SSSR count). The van der Waals surface area contributed by atoms with Gasteiger partial charge in [0.2, 0.25) is 11.7 Å². The van der Waals surface area contributed by atoms with E-state index in [4.69, 9.17) is 9.63 Å². The Morgan fingerprint density at radius 3 is 2.75 bits per heavy atom. The van der Waals surface area contributed by atoms with Crippen molar-refractivity contribution in [2.45, 2.75) is 25.8 Å². The van der Waals surface area contributed by atoms with E-state index in [2.05, 4.69) is 15.0 Å². The van der Waals surface area contributed by atoms with Crippen molar-refractivity contribution in [1.29, 1.82) is 0 Å². The third-order valence-electron chi connectivity index (χ3n) is 3.42. The maximum atomic E-state index is 9.07. The minimum absolute atomic E-state index is 0.176. The number of aromatic nitrogens is 2. The number of nitrogens with zero attached hydrogens (tertiary/aromatic N) is 3. The van der Waals surface area contributed by atoms with Gasteiger partial charge >= 0.3 is 0 Å². The van der Waals surface area contributed by atoms with Gasteiger partial charge in [-0.2, -0.15) is 4.98 Å². The Balaban J connectivity index is 1.85. The summed E-state index contributed by atoms with van der Waals surface area (Å²) in [6.07, 6.45) is 1.68. The van der Waals surface area contributed by atoms with Crippen LogP contribution in [-0.4, -0.2) is 46.4 Å². The van der Waals surface area contributed by atoms with Gasteiger partial charge in [-0.3, -0.25) is 0 Å². The van der Waals surface area contributed by atoms with Crippen molar-refractivity contribution in [2.75, 3.05) is 20.2 Å². The first kappa shape index (κ1) is 14.7. The molecule has 1 N–H and O–H groups in total. The number of hydrogen-bond donors (Lipinski definition) is 1. The molecule has 0 aliphatic carbocycles. The lowest BCUT2D eigenvalue weighted by Gasteiger charge is -2.22. The Morgan fingerprint density at radius 2 is 2.05 bits per heavy atom. The largest absolute Gasteiger partial charge is 0.395 e. The van der Waals surface area contributed by atoms with Gasteiger partial charge in [-0.25, -0.2) is 0 Å². The van der Waals surface area contributed by atoms with Crippen molar-refractivity contribution in [3.8, 4) is 11.4 Å². The second-order valence-electron chi connectivity index (χ2n) is 4.99. The van der Waals surface area contributed by atoms with Crippen LogP contribution in [0.15, 0.2) is 34.9 Å². The smallest absolute Gasteiger partial charge is 0.227 e. The van der Waals surface area contributed by atoms with E-state index < -0.39 is 0 Å². The zero-order valence-corrected chi connectivity index (χ0v) is 12.0. The van der Waals surface area contributed by atoms with Gasteiger partial charge in [0.25, 0.3) is 0 Å². The molecule has 20 heavy (non-hydrogen) atoms. The molecule has 108 valence electrons. The Kier molecular flexibility index (Phi) is 5.26. The lowest BCUT2D eigenvalue weighted by Crippen LogP contribution is -2.32. The Hall–Kier alpha value is -1.72. The highest BCUT2D eigenvalue weighted by atomic mass is 16.5. The minimum atomic E-state index is 0.176. The van der Waals surface area contributed by atoms with Crippen molar-refractivity contribution in [3.63, 3.8) is 0 Å². The van der Waals surface area contributed by atoms with Gasteiger partial charge in [0.05, 0.1) is 6.61 Å². The number of hydrogen-bond acceptors (Lipinski definition) is 5. The standard InChI is InChI=1S/C15H21N3O2/c1-12(11-19)18(2)10-6-9-14-16-15(17-20-14)13-7-4-3-5-8-13/h3-5,7-8,12,19H,6,9-11H2,1-2H3. The molecule has 0 saturated heterocycles. The van der Waals surface area contributed by atoms with Crippen LogP contribution in [0.25, 0.3) is 11.4 Å². The summed E-state index contributed by atoms with van der Waals surface area (Å²) in [6, 6.07) is 9.98. The van der Waals surface area contributed by atoms with Gasteiger partial charge in [0.1, 0.15) is 0 Å². The Labute approximate surface area is 119 Å². The van der Waals surface area contributed by atoms with E-state index in [1.807, 2.05) is 44.3 Å². The fourth-order valence-electron chi connectivity index (χ4n) is 1.90. The molecule has 0 radical (unpaired) electrons. The highest BCUT2D eigenvalue weighted by Crippen LogP contribution is 2.15. The summed E-state index contributed by atoms with van der Waals surface area (Å²) in [5, 5.41) is 13.1. The van der Waals surface area contributed by atoms with Crippen LogP contribution in [0.2, 0.25) is 0 Å². The van der Waals surface area contributed by atoms with Crippen LogP contribution >= 0.6 is 0 Å². The van der Waals surface area contributed by atoms with E-state index in [9.17, 15) is 0 Å². The number of aliphatic hydroxyl groups excluding tert-OH is 1. The second-order valence-corrected chi connectivity index (χ2v) is 4.99. The predicted octanol–water partition coefficient (Wildman–Crippen LogP) is 1.98. The van der Waals surface area contributed by atoms with Crippen LogP contribution in [0.4, 0.5) is 0 Å². The third kappa shape index (κ3) is 3.88. The highest BCUT2D eigenvalue weighted by molar-refractivity contribution is 5.53. The van der Waals surface area contributed by atoms with Crippen LogP contribution in [0.1, 0.15) is 19.2 Å². The summed E-state index contributed by atoms with van der Waals surface area (Å²) >= 11 is 0. The SMILES string of the molecule is CC(CO)N(C)CCCc1nc(-c2ccccc2)no1. The van der Waals surface area contributed by atoms with Gasteiger partial charge < -0.3 is 14.5 Å². The molecule has 5 nitrogen and oxygen atoms in total. The zero-order chi connectivity index (χ0) is 14.4. The number of aliphatic hydroxyl groups is 1. The summed E-state index contributed by atoms with van der Waals surface area (Å²) in [6.45, 7) is 3.07. The van der Waals surface area contributed by atoms with E-state index >= 15 is 0 Å². The molecule has 0 saturated carbocycles. The normalized spacial score (nSPS) is 12.8. The molecule has 1 heterocycles. The third-order valence-corrected chi connectivity index (χ3v) is 3.42. The fraction of sp³-hybridized carbons (Fsp3) is 0.467. The molecule has 0 fully saturated rings. The van der Waals surface area contributed by atoms with Gasteiger partial charge in [0.15, 0.2) is 0 Å². The number of rotatable bonds is 7. The molecule has 1 aromatic heterocycles. The van der Waals surface area contributed by atoms with Crippen molar-refractivity contribution in [2.24, 2.45) is 0 Å². The van der Waals surface area contributed by atoms with Gasteiger partial charge in [0, 0.05) is 18.0 Å². The van der Waals surface area contributed by atoms with E-state index in [1.165, 1.54) is 0 Å². The van der Waals surface area contributed by atoms with Gasteiger partial charge in [-0.1, -0.05) is 35.5 Å². The lowest BCUT2D eigenvalue weighted by molar-refractivity contribution is 0.157. The van der Waals surface area contributed by atoms with E-state index in [0.29, 0.717) is 11.7 Å². The van der Waals surface area contributed by atoms with Gasteiger partial charge in [-0.15, -0.1) is 0 Å². The Bertz CT molecular complexity index is 513. The molecule has 0 spiro atoms. The quantitative estimate of drug-likeness (QED) is 0.837. The van der Waals surface area contributed by atoms with Crippen molar-refractivity contribution < 1.29 is 9.63 Å². The average Bonchev–Trinajstić information content (AvgIpc) is 2.96. The van der Waals surface area contributed by atoms with Crippen molar-refractivity contribution in [1.82, 2.24) is 15.0 Å². The molecular formula is C15H21N3O2. The molecule has 2 aromatic rings. The molecule has 1 aromatic carbocycles. The first-order valence-corrected chi connectivity index (χ1v) is 6.90. The first-order valence-electron chi connectivity index (χ1n) is 6.90.